The van der Waals surface area contributed by atoms with Crippen LogP contribution in [0.2, 0.25) is 0 Å². The quantitative estimate of drug-likeness (QED) is 0.842. The highest BCUT2D eigenvalue weighted by molar-refractivity contribution is 6.01. The number of benzene rings is 2. The van der Waals surface area contributed by atoms with E-state index in [9.17, 15) is 9.59 Å². The highest BCUT2D eigenvalue weighted by Gasteiger charge is 2.26. The molecule has 5 heteroatoms. The zero-order chi connectivity index (χ0) is 18.7. The molecule has 2 aromatic carbocycles. The molecule has 0 bridgehead atoms. The molecule has 134 valence electrons. The van der Waals surface area contributed by atoms with Gasteiger partial charge in [-0.2, -0.15) is 0 Å². The Morgan fingerprint density at radius 1 is 1.23 bits per heavy atom. The number of likely N-dealkylation sites (N-methyl/N-ethyl adjacent to an activating group) is 1. The van der Waals surface area contributed by atoms with Crippen molar-refractivity contribution in [3.8, 4) is 5.75 Å². The number of methoxy groups -OCH3 is 1. The number of carbonyl (C=O) groups is 2. The Morgan fingerprint density at radius 2 is 1.96 bits per heavy atom. The summed E-state index contributed by atoms with van der Waals surface area (Å²) in [6.45, 7) is 3.48. The lowest BCUT2D eigenvalue weighted by Gasteiger charge is -2.17. The maximum atomic E-state index is 12.6. The first-order valence-electron chi connectivity index (χ1n) is 8.52. The number of carbonyl (C=O) groups excluding carboxylic acids is 2. The number of hydrogen-bond donors (Lipinski definition) is 1. The third-order valence-corrected chi connectivity index (χ3v) is 4.77. The Kier molecular flexibility index (Phi) is 5.07. The van der Waals surface area contributed by atoms with Crippen LogP contribution in [0.1, 0.15) is 33.9 Å². The van der Waals surface area contributed by atoms with Gasteiger partial charge in [-0.15, -0.1) is 0 Å². The molecule has 3 rings (SSSR count). The monoisotopic (exact) mass is 350 g/mol. The number of nitrogens with one attached hydrogen (secondary N) is 1. The van der Waals surface area contributed by atoms with Gasteiger partial charge < -0.3 is 15.0 Å². The summed E-state index contributed by atoms with van der Waals surface area (Å²) in [5.74, 6) is 0.548. The number of nitrogens with zero attached hydrogens (tertiary/aromatic N) is 1. The van der Waals surface area contributed by atoms with E-state index in [4.69, 9.17) is 4.74 Å². The van der Waals surface area contributed by atoms with Crippen LogP contribution in [0.3, 0.4) is 0 Å². The van der Waals surface area contributed by atoms with Gasteiger partial charge in [0.25, 0.3) is 5.91 Å². The lowest BCUT2D eigenvalue weighted by atomic mass is 10.1. The minimum atomic E-state index is -0.196. The minimum absolute atomic E-state index is 0.0164. The summed E-state index contributed by atoms with van der Waals surface area (Å²) in [6, 6.07) is 12.9. The Balaban J connectivity index is 1.72. The van der Waals surface area contributed by atoms with Crippen molar-refractivity contribution in [3.63, 3.8) is 0 Å². The normalized spacial score (nSPS) is 15.1. The molecule has 0 aromatic heterocycles. The second kappa shape index (κ2) is 7.44. The zero-order valence-electron chi connectivity index (χ0n) is 15.0. The van der Waals surface area contributed by atoms with Crippen LogP contribution in [-0.4, -0.2) is 26.0 Å². The molecule has 0 saturated heterocycles. The van der Waals surface area contributed by atoms with Gasteiger partial charge in [-0.3, -0.25) is 9.59 Å². The van der Waals surface area contributed by atoms with Gasteiger partial charge in [0.2, 0.25) is 5.91 Å². The van der Waals surface area contributed by atoms with E-state index in [1.54, 1.807) is 38.4 Å². The van der Waals surface area contributed by atoms with E-state index < -0.39 is 0 Å². The molecule has 5 nitrogen and oxygen atoms in total. The summed E-state index contributed by atoms with van der Waals surface area (Å²) in [6.07, 6.45) is 3.00. The zero-order valence-corrected chi connectivity index (χ0v) is 15.0. The van der Waals surface area contributed by atoms with Gasteiger partial charge in [0, 0.05) is 18.3 Å². The first kappa shape index (κ1) is 17.7. The summed E-state index contributed by atoms with van der Waals surface area (Å²) in [4.78, 5) is 25.7. The molecule has 0 heterocycles. The average Bonchev–Trinajstić information content (AvgIpc) is 3.09. The summed E-state index contributed by atoms with van der Waals surface area (Å²) in [5, 5.41) is 3.09. The Hall–Kier alpha value is -3.08. The summed E-state index contributed by atoms with van der Waals surface area (Å²) >= 11 is 0. The van der Waals surface area contributed by atoms with Crippen LogP contribution in [0.15, 0.2) is 55.1 Å². The molecule has 2 aromatic rings. The standard InChI is InChI=1S/C21H22N2O3/c1-4-20(24)23(2)15-10-8-14(9-11-15)21(25)22-18-13-12-17-16(18)6-5-7-19(17)26-3/h4-11,18H,1,12-13H2,2-3H3,(H,22,25). The van der Waals surface area contributed by atoms with E-state index in [0.29, 0.717) is 11.3 Å². The first-order valence-corrected chi connectivity index (χ1v) is 8.52. The molecular formula is C21H22N2O3. The van der Waals surface area contributed by atoms with E-state index in [1.165, 1.54) is 16.5 Å². The third kappa shape index (κ3) is 3.33. The number of fused-ring (bicyclic) bond motifs is 1. The van der Waals surface area contributed by atoms with Gasteiger partial charge in [0.1, 0.15) is 5.75 Å². The van der Waals surface area contributed by atoms with Gasteiger partial charge in [0.05, 0.1) is 13.2 Å². The van der Waals surface area contributed by atoms with Gasteiger partial charge in [-0.05, 0) is 60.4 Å². The molecule has 0 saturated carbocycles. The van der Waals surface area contributed by atoms with Crippen LogP contribution in [0.4, 0.5) is 5.69 Å². The molecule has 0 radical (unpaired) electrons. The van der Waals surface area contributed by atoms with E-state index in [0.717, 1.165) is 24.2 Å². The summed E-state index contributed by atoms with van der Waals surface area (Å²) in [5.41, 5.74) is 3.55. The molecule has 1 aliphatic carbocycles. The van der Waals surface area contributed by atoms with Crippen LogP contribution < -0.4 is 15.0 Å². The fourth-order valence-corrected chi connectivity index (χ4v) is 3.30. The number of ether oxygens (including phenoxy) is 1. The molecule has 2 amide bonds. The molecule has 1 unspecified atom stereocenters. The lowest BCUT2D eigenvalue weighted by Crippen LogP contribution is -2.27. The smallest absolute Gasteiger partial charge is 0.251 e. The Bertz CT molecular complexity index is 843. The third-order valence-electron chi connectivity index (χ3n) is 4.77. The number of anilines is 1. The van der Waals surface area contributed by atoms with Crippen LogP contribution in [0.25, 0.3) is 0 Å². The van der Waals surface area contributed by atoms with E-state index >= 15 is 0 Å². The second-order valence-electron chi connectivity index (χ2n) is 6.24. The van der Waals surface area contributed by atoms with Crippen molar-refractivity contribution < 1.29 is 14.3 Å². The molecule has 0 spiro atoms. The van der Waals surface area contributed by atoms with Crippen molar-refractivity contribution in [2.45, 2.75) is 18.9 Å². The van der Waals surface area contributed by atoms with Crippen molar-refractivity contribution in [1.82, 2.24) is 5.32 Å². The molecule has 1 aliphatic rings. The molecular weight excluding hydrogens is 328 g/mol. The maximum absolute atomic E-state index is 12.6. The maximum Gasteiger partial charge on any atom is 0.251 e. The molecule has 1 atom stereocenters. The van der Waals surface area contributed by atoms with Crippen molar-refractivity contribution in [2.24, 2.45) is 0 Å². The van der Waals surface area contributed by atoms with Crippen molar-refractivity contribution in [1.29, 1.82) is 0 Å². The Morgan fingerprint density at radius 3 is 2.62 bits per heavy atom. The average molecular weight is 350 g/mol. The van der Waals surface area contributed by atoms with Gasteiger partial charge in [-0.1, -0.05) is 18.7 Å². The van der Waals surface area contributed by atoms with Crippen LogP contribution in [0, 0.1) is 0 Å². The van der Waals surface area contributed by atoms with Crippen molar-refractivity contribution in [3.05, 3.63) is 71.8 Å². The Labute approximate surface area is 153 Å². The van der Waals surface area contributed by atoms with Crippen molar-refractivity contribution >= 4 is 17.5 Å². The molecule has 26 heavy (non-hydrogen) atoms. The van der Waals surface area contributed by atoms with Gasteiger partial charge in [0.15, 0.2) is 0 Å². The fourth-order valence-electron chi connectivity index (χ4n) is 3.30. The van der Waals surface area contributed by atoms with E-state index in [1.807, 2.05) is 18.2 Å². The minimum Gasteiger partial charge on any atom is -0.496 e. The van der Waals surface area contributed by atoms with E-state index in [2.05, 4.69) is 11.9 Å². The van der Waals surface area contributed by atoms with Gasteiger partial charge in [-0.25, -0.2) is 0 Å². The lowest BCUT2D eigenvalue weighted by molar-refractivity contribution is -0.113. The topological polar surface area (TPSA) is 58.6 Å². The highest BCUT2D eigenvalue weighted by Crippen LogP contribution is 2.36. The highest BCUT2D eigenvalue weighted by atomic mass is 16.5. The summed E-state index contributed by atoms with van der Waals surface area (Å²) in [7, 11) is 3.33. The number of rotatable bonds is 5. The second-order valence-corrected chi connectivity index (χ2v) is 6.24. The van der Waals surface area contributed by atoms with Crippen LogP contribution in [0.5, 0.6) is 5.75 Å². The number of hydrogen-bond acceptors (Lipinski definition) is 3. The first-order chi connectivity index (χ1) is 12.5. The van der Waals surface area contributed by atoms with E-state index in [-0.39, 0.29) is 17.9 Å². The molecule has 1 N–H and O–H groups in total. The molecule has 0 fully saturated rings. The number of amides is 2. The summed E-state index contributed by atoms with van der Waals surface area (Å²) < 4.78 is 5.41. The van der Waals surface area contributed by atoms with Crippen molar-refractivity contribution in [2.75, 3.05) is 19.1 Å². The van der Waals surface area contributed by atoms with Crippen LogP contribution in [-0.2, 0) is 11.2 Å². The fraction of sp³-hybridized carbons (Fsp3) is 0.238. The van der Waals surface area contributed by atoms with Gasteiger partial charge >= 0.3 is 0 Å². The van der Waals surface area contributed by atoms with Crippen LogP contribution >= 0.6 is 0 Å². The predicted molar refractivity (Wildman–Crippen MR) is 102 cm³/mol. The largest absolute Gasteiger partial charge is 0.496 e. The SMILES string of the molecule is C=CC(=O)N(C)c1ccc(C(=O)NC2CCc3c(OC)cccc32)cc1. The predicted octanol–water partition coefficient (Wildman–Crippen LogP) is 3.26. The molecule has 0 aliphatic heterocycles.